The third-order valence-electron chi connectivity index (χ3n) is 2.92. The van der Waals surface area contributed by atoms with Crippen LogP contribution < -0.4 is 5.32 Å². The lowest BCUT2D eigenvalue weighted by Crippen LogP contribution is -2.36. The topological polar surface area (TPSA) is 29.1 Å². The Labute approximate surface area is 90.7 Å². The molecule has 1 aliphatic carbocycles. The third-order valence-corrected chi connectivity index (χ3v) is 2.92. The molecule has 2 nitrogen and oxygen atoms in total. The predicted octanol–water partition coefficient (Wildman–Crippen LogP) is 2.21. The smallest absolute Gasteiger partial charge is 0.217 e. The van der Waals surface area contributed by atoms with Gasteiger partial charge in [0.15, 0.2) is 0 Å². The van der Waals surface area contributed by atoms with Crippen LogP contribution in [-0.4, -0.2) is 11.4 Å². The van der Waals surface area contributed by atoms with Crippen molar-refractivity contribution in [2.45, 2.75) is 38.6 Å². The van der Waals surface area contributed by atoms with E-state index >= 15 is 0 Å². The summed E-state index contributed by atoms with van der Waals surface area (Å²) in [5.74, 6) is 0.0835. The van der Waals surface area contributed by atoms with Gasteiger partial charge >= 0.3 is 0 Å². The van der Waals surface area contributed by atoms with Gasteiger partial charge in [-0.25, -0.2) is 0 Å². The maximum absolute atomic E-state index is 11.0. The standard InChI is InChI=1S/C13H17NO/c1-10-4-3-5-12(8-10)9-13(6-7-13)14-11(2)15/h3-5,8H,6-7,9H2,1-2H3,(H,14,15). The Morgan fingerprint density at radius 1 is 1.47 bits per heavy atom. The molecule has 2 rings (SSSR count). The maximum atomic E-state index is 11.0. The highest BCUT2D eigenvalue weighted by Gasteiger charge is 2.43. The average Bonchev–Trinajstić information content (AvgIpc) is 2.83. The predicted molar refractivity (Wildman–Crippen MR) is 60.7 cm³/mol. The second-order valence-corrected chi connectivity index (χ2v) is 4.63. The molecule has 0 atom stereocenters. The number of nitrogens with one attached hydrogen (secondary N) is 1. The number of carbonyl (C=O) groups excluding carboxylic acids is 1. The minimum atomic E-state index is 0.0691. The molecule has 1 amide bonds. The fraction of sp³-hybridized carbons (Fsp3) is 0.462. The molecule has 0 unspecified atom stereocenters. The van der Waals surface area contributed by atoms with Crippen LogP contribution in [0.1, 0.15) is 30.9 Å². The Morgan fingerprint density at radius 2 is 2.20 bits per heavy atom. The summed E-state index contributed by atoms with van der Waals surface area (Å²) in [5.41, 5.74) is 2.67. The number of aryl methyl sites for hydroxylation is 1. The van der Waals surface area contributed by atoms with Crippen LogP contribution in [0.3, 0.4) is 0 Å². The number of hydrogen-bond acceptors (Lipinski definition) is 1. The Bertz CT molecular complexity index is 380. The normalized spacial score (nSPS) is 17.2. The molecule has 0 heterocycles. The summed E-state index contributed by atoms with van der Waals surface area (Å²) in [5, 5.41) is 3.06. The lowest BCUT2D eigenvalue weighted by molar-refractivity contribution is -0.119. The lowest BCUT2D eigenvalue weighted by Gasteiger charge is -2.16. The Kier molecular flexibility index (Phi) is 2.51. The SMILES string of the molecule is CC(=O)NC1(Cc2cccc(C)c2)CC1. The summed E-state index contributed by atoms with van der Waals surface area (Å²) in [7, 11) is 0. The van der Waals surface area contributed by atoms with Gasteiger partial charge in [-0.2, -0.15) is 0 Å². The van der Waals surface area contributed by atoms with Gasteiger partial charge in [-0.3, -0.25) is 4.79 Å². The van der Waals surface area contributed by atoms with E-state index in [1.165, 1.54) is 11.1 Å². The summed E-state index contributed by atoms with van der Waals surface area (Å²) in [4.78, 5) is 11.0. The second kappa shape index (κ2) is 3.69. The van der Waals surface area contributed by atoms with Crippen LogP contribution in [0.4, 0.5) is 0 Å². The molecule has 80 valence electrons. The number of hydrogen-bond donors (Lipinski definition) is 1. The van der Waals surface area contributed by atoms with Gasteiger partial charge < -0.3 is 5.32 Å². The van der Waals surface area contributed by atoms with E-state index in [0.29, 0.717) is 0 Å². The van der Waals surface area contributed by atoms with E-state index in [2.05, 4.69) is 36.5 Å². The molecule has 1 N–H and O–H groups in total. The van der Waals surface area contributed by atoms with Crippen molar-refractivity contribution in [1.82, 2.24) is 5.32 Å². The quantitative estimate of drug-likeness (QED) is 0.801. The van der Waals surface area contributed by atoms with E-state index in [1.807, 2.05) is 0 Å². The first-order valence-corrected chi connectivity index (χ1v) is 5.44. The molecule has 1 saturated carbocycles. The van der Waals surface area contributed by atoms with Crippen LogP contribution >= 0.6 is 0 Å². The van der Waals surface area contributed by atoms with Crippen molar-refractivity contribution < 1.29 is 4.79 Å². The van der Waals surface area contributed by atoms with Crippen LogP contribution in [-0.2, 0) is 11.2 Å². The van der Waals surface area contributed by atoms with Crippen molar-refractivity contribution >= 4 is 5.91 Å². The first kappa shape index (κ1) is 10.2. The first-order valence-electron chi connectivity index (χ1n) is 5.44. The fourth-order valence-corrected chi connectivity index (χ4v) is 2.08. The van der Waals surface area contributed by atoms with E-state index < -0.39 is 0 Å². The number of benzene rings is 1. The van der Waals surface area contributed by atoms with Crippen molar-refractivity contribution in [1.29, 1.82) is 0 Å². The highest BCUT2D eigenvalue weighted by Crippen LogP contribution is 2.38. The Balaban J connectivity index is 2.05. The highest BCUT2D eigenvalue weighted by atomic mass is 16.1. The van der Waals surface area contributed by atoms with Gasteiger partial charge in [0, 0.05) is 12.5 Å². The zero-order valence-corrected chi connectivity index (χ0v) is 9.34. The third kappa shape index (κ3) is 2.58. The van der Waals surface area contributed by atoms with Crippen LogP contribution in [0.2, 0.25) is 0 Å². The van der Waals surface area contributed by atoms with Crippen molar-refractivity contribution in [2.24, 2.45) is 0 Å². The van der Waals surface area contributed by atoms with Crippen molar-refractivity contribution in [2.75, 3.05) is 0 Å². The second-order valence-electron chi connectivity index (χ2n) is 4.63. The summed E-state index contributed by atoms with van der Waals surface area (Å²) in [6.07, 6.45) is 3.19. The monoisotopic (exact) mass is 203 g/mol. The van der Waals surface area contributed by atoms with Gasteiger partial charge in [0.25, 0.3) is 0 Å². The molecule has 0 aliphatic heterocycles. The molecule has 0 radical (unpaired) electrons. The Hall–Kier alpha value is -1.31. The van der Waals surface area contributed by atoms with E-state index in [9.17, 15) is 4.79 Å². The zero-order chi connectivity index (χ0) is 10.9. The summed E-state index contributed by atoms with van der Waals surface area (Å²) in [6.45, 7) is 3.69. The van der Waals surface area contributed by atoms with Crippen LogP contribution in [0, 0.1) is 6.92 Å². The largest absolute Gasteiger partial charge is 0.351 e. The highest BCUT2D eigenvalue weighted by molar-refractivity contribution is 5.74. The molecule has 1 fully saturated rings. The summed E-state index contributed by atoms with van der Waals surface area (Å²) < 4.78 is 0. The molecule has 2 heteroatoms. The molecule has 0 aromatic heterocycles. The van der Waals surface area contributed by atoms with E-state index in [4.69, 9.17) is 0 Å². The van der Waals surface area contributed by atoms with Gasteiger partial charge in [-0.15, -0.1) is 0 Å². The molecule has 1 aliphatic rings. The zero-order valence-electron chi connectivity index (χ0n) is 9.34. The van der Waals surface area contributed by atoms with Crippen molar-refractivity contribution in [3.8, 4) is 0 Å². The molecule has 0 saturated heterocycles. The van der Waals surface area contributed by atoms with Gasteiger partial charge in [-0.1, -0.05) is 29.8 Å². The van der Waals surface area contributed by atoms with Gasteiger partial charge in [0.1, 0.15) is 0 Å². The van der Waals surface area contributed by atoms with Gasteiger partial charge in [0.05, 0.1) is 0 Å². The lowest BCUT2D eigenvalue weighted by atomic mass is 10.0. The minimum Gasteiger partial charge on any atom is -0.351 e. The number of rotatable bonds is 3. The maximum Gasteiger partial charge on any atom is 0.217 e. The van der Waals surface area contributed by atoms with Crippen molar-refractivity contribution in [3.63, 3.8) is 0 Å². The van der Waals surface area contributed by atoms with Gasteiger partial charge in [-0.05, 0) is 31.7 Å². The minimum absolute atomic E-state index is 0.0691. The number of amides is 1. The van der Waals surface area contributed by atoms with Crippen LogP contribution in [0.15, 0.2) is 24.3 Å². The van der Waals surface area contributed by atoms with Crippen molar-refractivity contribution in [3.05, 3.63) is 35.4 Å². The number of carbonyl (C=O) groups is 1. The average molecular weight is 203 g/mol. The molecule has 1 aromatic carbocycles. The molecular weight excluding hydrogens is 186 g/mol. The molecule has 1 aromatic rings. The Morgan fingerprint density at radius 3 is 2.73 bits per heavy atom. The van der Waals surface area contributed by atoms with E-state index in [0.717, 1.165) is 19.3 Å². The summed E-state index contributed by atoms with van der Waals surface area (Å²) >= 11 is 0. The van der Waals surface area contributed by atoms with E-state index in [-0.39, 0.29) is 11.4 Å². The van der Waals surface area contributed by atoms with Crippen LogP contribution in [0.25, 0.3) is 0 Å². The molecule has 0 spiro atoms. The fourth-order valence-electron chi connectivity index (χ4n) is 2.08. The van der Waals surface area contributed by atoms with Gasteiger partial charge in [0.2, 0.25) is 5.91 Å². The van der Waals surface area contributed by atoms with Crippen LogP contribution in [0.5, 0.6) is 0 Å². The summed E-state index contributed by atoms with van der Waals surface area (Å²) in [6, 6.07) is 8.51. The molecular formula is C13H17NO. The van der Waals surface area contributed by atoms with E-state index in [1.54, 1.807) is 6.92 Å². The molecule has 0 bridgehead atoms. The first-order chi connectivity index (χ1) is 7.10. The molecule has 15 heavy (non-hydrogen) atoms.